The summed E-state index contributed by atoms with van der Waals surface area (Å²) in [5.74, 6) is 0. The molecule has 0 saturated heterocycles. The van der Waals surface area contributed by atoms with Crippen molar-refractivity contribution in [2.24, 2.45) is 5.73 Å². The van der Waals surface area contributed by atoms with Crippen LogP contribution < -0.4 is 5.73 Å². The lowest BCUT2D eigenvalue weighted by molar-refractivity contribution is 1.07. The molecule has 0 heterocycles. The van der Waals surface area contributed by atoms with Gasteiger partial charge in [-0.3, -0.25) is 0 Å². The quantitative estimate of drug-likeness (QED) is 0.777. The van der Waals surface area contributed by atoms with Crippen LogP contribution in [-0.2, 0) is 6.54 Å². The van der Waals surface area contributed by atoms with Crippen LogP contribution in [0.4, 0.5) is 0 Å². The highest BCUT2D eigenvalue weighted by Crippen LogP contribution is 2.18. The van der Waals surface area contributed by atoms with Gasteiger partial charge in [0.1, 0.15) is 0 Å². The van der Waals surface area contributed by atoms with Crippen molar-refractivity contribution in [3.8, 4) is 0 Å². The SMILES string of the molecule is NCc1ccc(Cl)c(I)c1. The van der Waals surface area contributed by atoms with Crippen LogP contribution >= 0.6 is 34.2 Å². The highest BCUT2D eigenvalue weighted by molar-refractivity contribution is 14.1. The first kappa shape index (κ1) is 8.30. The van der Waals surface area contributed by atoms with Crippen molar-refractivity contribution in [3.63, 3.8) is 0 Å². The molecule has 0 aliphatic heterocycles. The summed E-state index contributed by atoms with van der Waals surface area (Å²) in [7, 11) is 0. The Bertz CT molecular complexity index is 237. The topological polar surface area (TPSA) is 26.0 Å². The second-order valence-corrected chi connectivity index (χ2v) is 3.52. The van der Waals surface area contributed by atoms with E-state index in [0.717, 1.165) is 14.2 Å². The van der Waals surface area contributed by atoms with Gasteiger partial charge in [0, 0.05) is 10.1 Å². The predicted molar refractivity (Wildman–Crippen MR) is 52.1 cm³/mol. The molecular weight excluding hydrogens is 260 g/mol. The van der Waals surface area contributed by atoms with Crippen molar-refractivity contribution in [3.05, 3.63) is 32.4 Å². The molecule has 1 nitrogen and oxygen atoms in total. The zero-order valence-corrected chi connectivity index (χ0v) is 8.19. The third kappa shape index (κ3) is 1.84. The van der Waals surface area contributed by atoms with Crippen LogP contribution in [0.25, 0.3) is 0 Å². The van der Waals surface area contributed by atoms with E-state index in [9.17, 15) is 0 Å². The Morgan fingerprint density at radius 2 is 2.20 bits per heavy atom. The Balaban J connectivity index is 3.04. The molecule has 1 aromatic carbocycles. The van der Waals surface area contributed by atoms with E-state index in [-0.39, 0.29) is 0 Å². The van der Waals surface area contributed by atoms with Gasteiger partial charge in [-0.05, 0) is 40.3 Å². The van der Waals surface area contributed by atoms with E-state index in [4.69, 9.17) is 17.3 Å². The summed E-state index contributed by atoms with van der Waals surface area (Å²) in [5.41, 5.74) is 6.54. The Morgan fingerprint density at radius 1 is 1.50 bits per heavy atom. The van der Waals surface area contributed by atoms with E-state index < -0.39 is 0 Å². The number of hydrogen-bond acceptors (Lipinski definition) is 1. The lowest BCUT2D eigenvalue weighted by Crippen LogP contribution is -1.95. The highest BCUT2D eigenvalue weighted by Gasteiger charge is 1.95. The third-order valence-electron chi connectivity index (χ3n) is 1.22. The van der Waals surface area contributed by atoms with Crippen LogP contribution in [0, 0.1) is 3.57 Å². The molecule has 0 aliphatic rings. The second-order valence-electron chi connectivity index (χ2n) is 1.95. The van der Waals surface area contributed by atoms with Gasteiger partial charge in [0.05, 0.1) is 5.02 Å². The molecule has 3 heteroatoms. The van der Waals surface area contributed by atoms with E-state index in [2.05, 4.69) is 22.6 Å². The molecule has 0 unspecified atom stereocenters. The average molecular weight is 267 g/mol. The summed E-state index contributed by atoms with van der Waals surface area (Å²) in [5, 5.41) is 0.790. The fourth-order valence-corrected chi connectivity index (χ4v) is 1.36. The molecule has 2 N–H and O–H groups in total. The summed E-state index contributed by atoms with van der Waals surface area (Å²) in [6.45, 7) is 0.577. The first-order valence-corrected chi connectivity index (χ1v) is 4.33. The third-order valence-corrected chi connectivity index (χ3v) is 2.76. The maximum Gasteiger partial charge on any atom is 0.0539 e. The van der Waals surface area contributed by atoms with Gasteiger partial charge in [0.2, 0.25) is 0 Å². The molecule has 0 aromatic heterocycles. The molecule has 0 bridgehead atoms. The fourth-order valence-electron chi connectivity index (χ4n) is 0.667. The lowest BCUT2D eigenvalue weighted by atomic mass is 10.2. The van der Waals surface area contributed by atoms with Crippen LogP contribution in [-0.4, -0.2) is 0 Å². The predicted octanol–water partition coefficient (Wildman–Crippen LogP) is 2.40. The summed E-state index contributed by atoms with van der Waals surface area (Å²) in [4.78, 5) is 0. The average Bonchev–Trinajstić information content (AvgIpc) is 1.95. The van der Waals surface area contributed by atoms with E-state index in [1.165, 1.54) is 0 Å². The Kier molecular flexibility index (Phi) is 2.95. The van der Waals surface area contributed by atoms with Crippen molar-refractivity contribution in [2.75, 3.05) is 0 Å². The summed E-state index contributed by atoms with van der Waals surface area (Å²) >= 11 is 7.98. The number of hydrogen-bond donors (Lipinski definition) is 1. The second kappa shape index (κ2) is 3.55. The van der Waals surface area contributed by atoms with Gasteiger partial charge in [0.25, 0.3) is 0 Å². The standard InChI is InChI=1S/C7H7ClIN/c8-6-2-1-5(4-10)3-7(6)9/h1-3H,4,10H2. The molecule has 0 radical (unpaired) electrons. The monoisotopic (exact) mass is 267 g/mol. The van der Waals surface area contributed by atoms with Gasteiger partial charge in [-0.2, -0.15) is 0 Å². The smallest absolute Gasteiger partial charge is 0.0539 e. The maximum absolute atomic E-state index is 5.79. The molecule has 0 amide bonds. The zero-order chi connectivity index (χ0) is 7.56. The van der Waals surface area contributed by atoms with Crippen molar-refractivity contribution in [1.29, 1.82) is 0 Å². The van der Waals surface area contributed by atoms with Gasteiger partial charge in [-0.15, -0.1) is 0 Å². The molecule has 0 aliphatic carbocycles. The summed E-state index contributed by atoms with van der Waals surface area (Å²) in [6, 6.07) is 5.79. The molecule has 0 fully saturated rings. The van der Waals surface area contributed by atoms with Crippen LogP contribution in [0.2, 0.25) is 5.02 Å². The van der Waals surface area contributed by atoms with E-state index in [1.54, 1.807) is 0 Å². The van der Waals surface area contributed by atoms with Crippen molar-refractivity contribution >= 4 is 34.2 Å². The van der Waals surface area contributed by atoms with Crippen LogP contribution in [0.3, 0.4) is 0 Å². The molecular formula is C7H7ClIN. The van der Waals surface area contributed by atoms with Gasteiger partial charge in [0.15, 0.2) is 0 Å². The number of benzene rings is 1. The Morgan fingerprint density at radius 3 is 2.70 bits per heavy atom. The fraction of sp³-hybridized carbons (Fsp3) is 0.143. The molecule has 0 saturated carbocycles. The minimum atomic E-state index is 0.577. The van der Waals surface area contributed by atoms with Crippen LogP contribution in [0.15, 0.2) is 18.2 Å². The summed E-state index contributed by atoms with van der Waals surface area (Å²) in [6.07, 6.45) is 0. The molecule has 54 valence electrons. The largest absolute Gasteiger partial charge is 0.326 e. The highest BCUT2D eigenvalue weighted by atomic mass is 127. The van der Waals surface area contributed by atoms with Crippen molar-refractivity contribution in [2.45, 2.75) is 6.54 Å². The van der Waals surface area contributed by atoms with E-state index >= 15 is 0 Å². The zero-order valence-electron chi connectivity index (χ0n) is 5.27. The number of halogens is 2. The van der Waals surface area contributed by atoms with E-state index in [1.807, 2.05) is 18.2 Å². The minimum Gasteiger partial charge on any atom is -0.326 e. The van der Waals surface area contributed by atoms with Crippen LogP contribution in [0.5, 0.6) is 0 Å². The molecule has 0 atom stereocenters. The molecule has 1 aromatic rings. The Labute approximate surface area is 78.7 Å². The number of nitrogens with two attached hydrogens (primary N) is 1. The normalized spacial score (nSPS) is 9.90. The molecule has 10 heavy (non-hydrogen) atoms. The first-order valence-electron chi connectivity index (χ1n) is 2.88. The first-order chi connectivity index (χ1) is 4.74. The van der Waals surface area contributed by atoms with Gasteiger partial charge in [-0.1, -0.05) is 17.7 Å². The van der Waals surface area contributed by atoms with Gasteiger partial charge in [-0.25, -0.2) is 0 Å². The Hall–Kier alpha value is 0.200. The molecule has 1 rings (SSSR count). The van der Waals surface area contributed by atoms with Crippen LogP contribution in [0.1, 0.15) is 5.56 Å². The molecule has 0 spiro atoms. The minimum absolute atomic E-state index is 0.577. The van der Waals surface area contributed by atoms with Crippen molar-refractivity contribution in [1.82, 2.24) is 0 Å². The van der Waals surface area contributed by atoms with Crippen molar-refractivity contribution < 1.29 is 0 Å². The van der Waals surface area contributed by atoms with Gasteiger partial charge >= 0.3 is 0 Å². The number of rotatable bonds is 1. The lowest BCUT2D eigenvalue weighted by Gasteiger charge is -1.98. The van der Waals surface area contributed by atoms with Gasteiger partial charge < -0.3 is 5.73 Å². The maximum atomic E-state index is 5.79. The summed E-state index contributed by atoms with van der Waals surface area (Å²) < 4.78 is 1.06. The van der Waals surface area contributed by atoms with E-state index in [0.29, 0.717) is 6.54 Å².